The van der Waals surface area contributed by atoms with Crippen LogP contribution >= 0.6 is 23.2 Å². The van der Waals surface area contributed by atoms with Crippen molar-refractivity contribution < 1.29 is 18.7 Å². The third kappa shape index (κ3) is 3.95. The van der Waals surface area contributed by atoms with E-state index < -0.39 is 11.9 Å². The fraction of sp³-hybridized carbons (Fsp3) is 0.208. The Kier molecular flexibility index (Phi) is 6.08. The van der Waals surface area contributed by atoms with Crippen molar-refractivity contribution in [3.8, 4) is 11.5 Å². The van der Waals surface area contributed by atoms with Crippen molar-refractivity contribution >= 4 is 29.1 Å². The van der Waals surface area contributed by atoms with Crippen molar-refractivity contribution in [1.29, 1.82) is 0 Å². The number of nitrogens with zero attached hydrogens (tertiary/aromatic N) is 1. The molecule has 7 heteroatoms. The first kappa shape index (κ1) is 21.5. The number of amides is 1. The van der Waals surface area contributed by atoms with E-state index in [2.05, 4.69) is 0 Å². The first-order valence-corrected chi connectivity index (χ1v) is 10.5. The second-order valence-corrected chi connectivity index (χ2v) is 8.04. The molecule has 0 spiro atoms. The summed E-state index contributed by atoms with van der Waals surface area (Å²) in [6, 6.07) is 14.1. The van der Waals surface area contributed by atoms with E-state index in [1.165, 1.54) is 13.2 Å². The minimum atomic E-state index is -0.722. The van der Waals surface area contributed by atoms with Gasteiger partial charge in [-0.15, -0.1) is 0 Å². The van der Waals surface area contributed by atoms with Gasteiger partial charge in [0.1, 0.15) is 5.82 Å². The molecule has 1 atom stereocenters. The number of carbonyl (C=O) groups excluding carboxylic acids is 1. The van der Waals surface area contributed by atoms with Gasteiger partial charge in [-0.1, -0.05) is 29.3 Å². The van der Waals surface area contributed by atoms with Crippen molar-refractivity contribution in [1.82, 2.24) is 4.90 Å². The molecule has 4 nitrogen and oxygen atoms in total. The van der Waals surface area contributed by atoms with Gasteiger partial charge in [0.25, 0.3) is 5.91 Å². The molecule has 0 aromatic heterocycles. The van der Waals surface area contributed by atoms with Gasteiger partial charge < -0.3 is 14.4 Å². The summed E-state index contributed by atoms with van der Waals surface area (Å²) in [5.41, 5.74) is 2.41. The maximum atomic E-state index is 15.1. The number of benzene rings is 3. The lowest BCUT2D eigenvalue weighted by molar-refractivity contribution is 0.0692. The fourth-order valence-corrected chi connectivity index (χ4v) is 4.40. The molecule has 31 heavy (non-hydrogen) atoms. The molecule has 0 N–H and O–H groups in total. The van der Waals surface area contributed by atoms with Crippen LogP contribution in [0.1, 0.15) is 33.1 Å². The maximum absolute atomic E-state index is 15.1. The van der Waals surface area contributed by atoms with Gasteiger partial charge in [0.2, 0.25) is 0 Å². The summed E-state index contributed by atoms with van der Waals surface area (Å²) in [6.45, 7) is 0.388. The van der Waals surface area contributed by atoms with E-state index in [9.17, 15) is 4.79 Å². The molecule has 0 aliphatic carbocycles. The van der Waals surface area contributed by atoms with E-state index in [1.807, 2.05) is 6.07 Å². The van der Waals surface area contributed by atoms with E-state index >= 15 is 4.39 Å². The fourth-order valence-electron chi connectivity index (χ4n) is 4.01. The SMILES string of the molecule is COc1cc2c(cc1OC)C(c1c(F)cccc1Cl)N(C(=O)c1ccc(Cl)cc1)CC2. The number of ether oxygens (including phenoxy) is 2. The quantitative estimate of drug-likeness (QED) is 0.484. The van der Waals surface area contributed by atoms with Crippen molar-refractivity contribution in [3.63, 3.8) is 0 Å². The van der Waals surface area contributed by atoms with Gasteiger partial charge in [0.05, 0.1) is 20.3 Å². The van der Waals surface area contributed by atoms with E-state index in [1.54, 1.807) is 54.5 Å². The summed E-state index contributed by atoms with van der Waals surface area (Å²) in [5, 5.41) is 0.785. The molecule has 0 saturated carbocycles. The molecule has 1 aliphatic rings. The zero-order valence-electron chi connectivity index (χ0n) is 17.0. The Labute approximate surface area is 190 Å². The maximum Gasteiger partial charge on any atom is 0.254 e. The Morgan fingerprint density at radius 2 is 1.71 bits per heavy atom. The second kappa shape index (κ2) is 8.77. The molecule has 160 valence electrons. The standard InChI is InChI=1S/C24H20Cl2FNO3/c1-30-20-12-15-10-11-28(24(29)14-6-8-16(25)9-7-14)23(17(15)13-21(20)31-2)22-18(26)4-3-5-19(22)27/h3-9,12-13,23H,10-11H2,1-2H3. The van der Waals surface area contributed by atoms with E-state index in [4.69, 9.17) is 32.7 Å². The minimum absolute atomic E-state index is 0.235. The molecule has 0 bridgehead atoms. The van der Waals surface area contributed by atoms with Crippen LogP contribution in [0.2, 0.25) is 10.0 Å². The van der Waals surface area contributed by atoms with Gasteiger partial charge >= 0.3 is 0 Å². The largest absolute Gasteiger partial charge is 0.493 e. The molecule has 0 saturated heterocycles. The summed E-state index contributed by atoms with van der Waals surface area (Å²) in [5.74, 6) is 0.368. The van der Waals surface area contributed by atoms with Crippen molar-refractivity contribution in [2.45, 2.75) is 12.5 Å². The van der Waals surface area contributed by atoms with Crippen LogP contribution in [0.25, 0.3) is 0 Å². The third-order valence-corrected chi connectivity index (χ3v) is 6.08. The Morgan fingerprint density at radius 1 is 1.03 bits per heavy atom. The van der Waals surface area contributed by atoms with Crippen LogP contribution in [0.4, 0.5) is 4.39 Å². The topological polar surface area (TPSA) is 38.8 Å². The molecule has 0 fully saturated rings. The highest BCUT2D eigenvalue weighted by Crippen LogP contribution is 2.44. The monoisotopic (exact) mass is 459 g/mol. The average molecular weight is 460 g/mol. The molecule has 3 aromatic rings. The van der Waals surface area contributed by atoms with Crippen LogP contribution in [0.15, 0.2) is 54.6 Å². The molecule has 1 amide bonds. The van der Waals surface area contributed by atoms with Gasteiger partial charge in [0.15, 0.2) is 11.5 Å². The van der Waals surface area contributed by atoms with Crippen LogP contribution in [-0.2, 0) is 6.42 Å². The lowest BCUT2D eigenvalue weighted by atomic mass is 9.87. The normalized spacial score (nSPS) is 15.4. The average Bonchev–Trinajstić information content (AvgIpc) is 2.78. The number of fused-ring (bicyclic) bond motifs is 1. The van der Waals surface area contributed by atoms with Gasteiger partial charge in [-0.3, -0.25) is 4.79 Å². The lowest BCUT2D eigenvalue weighted by Gasteiger charge is -2.38. The molecule has 1 heterocycles. The van der Waals surface area contributed by atoms with Crippen LogP contribution < -0.4 is 9.47 Å². The van der Waals surface area contributed by atoms with E-state index in [0.717, 1.165) is 11.1 Å². The Bertz CT molecular complexity index is 1110. The highest BCUT2D eigenvalue weighted by atomic mass is 35.5. The summed E-state index contributed by atoms with van der Waals surface area (Å²) in [4.78, 5) is 15.1. The first-order valence-electron chi connectivity index (χ1n) is 9.69. The smallest absolute Gasteiger partial charge is 0.254 e. The lowest BCUT2D eigenvalue weighted by Crippen LogP contribution is -2.41. The summed E-state index contributed by atoms with van der Waals surface area (Å²) >= 11 is 12.4. The number of hydrogen-bond acceptors (Lipinski definition) is 3. The molecule has 1 aliphatic heterocycles. The Morgan fingerprint density at radius 3 is 2.35 bits per heavy atom. The van der Waals surface area contributed by atoms with Crippen LogP contribution in [-0.4, -0.2) is 31.6 Å². The minimum Gasteiger partial charge on any atom is -0.493 e. The third-order valence-electron chi connectivity index (χ3n) is 5.50. The van der Waals surface area contributed by atoms with E-state index in [-0.39, 0.29) is 16.5 Å². The Balaban J connectivity index is 1.90. The van der Waals surface area contributed by atoms with E-state index in [0.29, 0.717) is 35.1 Å². The number of carbonyl (C=O) groups is 1. The molecular weight excluding hydrogens is 440 g/mol. The van der Waals surface area contributed by atoms with Crippen LogP contribution in [0, 0.1) is 5.82 Å². The van der Waals surface area contributed by atoms with Crippen molar-refractivity contribution in [2.24, 2.45) is 0 Å². The molecule has 4 rings (SSSR count). The molecular formula is C24H20Cl2FNO3. The number of halogens is 3. The summed E-state index contributed by atoms with van der Waals surface area (Å²) in [6.07, 6.45) is 0.581. The van der Waals surface area contributed by atoms with Gasteiger partial charge in [0, 0.05) is 27.7 Å². The predicted molar refractivity (Wildman–Crippen MR) is 119 cm³/mol. The highest BCUT2D eigenvalue weighted by Gasteiger charge is 2.36. The zero-order valence-corrected chi connectivity index (χ0v) is 18.5. The second-order valence-electron chi connectivity index (χ2n) is 7.20. The Hall–Kier alpha value is -2.76. The molecule has 1 unspecified atom stereocenters. The van der Waals surface area contributed by atoms with Crippen molar-refractivity contribution in [3.05, 3.63) is 92.7 Å². The predicted octanol–water partition coefficient (Wildman–Crippen LogP) is 5.94. The van der Waals surface area contributed by atoms with Crippen molar-refractivity contribution in [2.75, 3.05) is 20.8 Å². The van der Waals surface area contributed by atoms with Gasteiger partial charge in [-0.25, -0.2) is 4.39 Å². The van der Waals surface area contributed by atoms with Gasteiger partial charge in [-0.05, 0) is 66.1 Å². The first-order chi connectivity index (χ1) is 14.9. The molecule has 0 radical (unpaired) electrons. The summed E-state index contributed by atoms with van der Waals surface area (Å²) < 4.78 is 26.0. The molecule has 3 aromatic carbocycles. The van der Waals surface area contributed by atoms with Crippen LogP contribution in [0.3, 0.4) is 0 Å². The number of hydrogen-bond donors (Lipinski definition) is 0. The zero-order chi connectivity index (χ0) is 22.1. The number of methoxy groups -OCH3 is 2. The van der Waals surface area contributed by atoms with Gasteiger partial charge in [-0.2, -0.15) is 0 Å². The highest BCUT2D eigenvalue weighted by molar-refractivity contribution is 6.31. The van der Waals surface area contributed by atoms with Crippen LogP contribution in [0.5, 0.6) is 11.5 Å². The summed E-state index contributed by atoms with van der Waals surface area (Å²) in [7, 11) is 3.10. The number of rotatable bonds is 4.